The van der Waals surface area contributed by atoms with E-state index in [1.165, 1.54) is 11.3 Å². The molecule has 0 aliphatic carbocycles. The largest absolute Gasteiger partial charge is 0.497 e. The lowest BCUT2D eigenvalue weighted by Gasteiger charge is -2.28. The lowest BCUT2D eigenvalue weighted by Crippen LogP contribution is -2.37. The summed E-state index contributed by atoms with van der Waals surface area (Å²) in [7, 11) is -1.87. The average Bonchev–Trinajstić information content (AvgIpc) is 3.16. The normalized spacial score (nSPS) is 16.2. The van der Waals surface area contributed by atoms with Crippen LogP contribution in [0.3, 0.4) is 0 Å². The molecule has 2 aromatic rings. The fraction of sp³-hybridized carbons (Fsp3) is 0.421. The van der Waals surface area contributed by atoms with Crippen molar-refractivity contribution in [3.8, 4) is 5.75 Å². The molecule has 0 radical (unpaired) electrons. The van der Waals surface area contributed by atoms with Crippen LogP contribution in [0.25, 0.3) is 0 Å². The summed E-state index contributed by atoms with van der Waals surface area (Å²) in [5.74, 6) is 1.05. The Morgan fingerprint density at radius 2 is 1.85 bits per heavy atom. The third-order valence-corrected chi connectivity index (χ3v) is 8.20. The molecule has 0 bridgehead atoms. The number of methoxy groups -OCH3 is 1. The molecule has 3 rings (SSSR count). The Kier molecular flexibility index (Phi) is 6.18. The van der Waals surface area contributed by atoms with Crippen molar-refractivity contribution in [2.75, 3.05) is 20.2 Å². The van der Waals surface area contributed by atoms with Crippen molar-refractivity contribution in [1.29, 1.82) is 0 Å². The van der Waals surface area contributed by atoms with Crippen molar-refractivity contribution < 1.29 is 17.9 Å². The van der Waals surface area contributed by atoms with Gasteiger partial charge < -0.3 is 10.1 Å². The number of nitrogens with zero attached hydrogens (tertiary/aromatic N) is 1. The molecule has 0 saturated carbocycles. The van der Waals surface area contributed by atoms with Gasteiger partial charge in [-0.3, -0.25) is 4.79 Å². The highest BCUT2D eigenvalue weighted by Gasteiger charge is 2.29. The van der Waals surface area contributed by atoms with Gasteiger partial charge in [0.05, 0.1) is 13.7 Å². The summed E-state index contributed by atoms with van der Waals surface area (Å²) in [5.41, 5.74) is 0.530. The topological polar surface area (TPSA) is 75.7 Å². The Bertz CT molecular complexity index is 883. The molecule has 1 aromatic heterocycles. The highest BCUT2D eigenvalue weighted by molar-refractivity contribution is 7.91. The number of hydrogen-bond acceptors (Lipinski definition) is 5. The van der Waals surface area contributed by atoms with E-state index in [2.05, 4.69) is 12.2 Å². The average molecular weight is 409 g/mol. The molecular formula is C19H24N2O4S2. The maximum absolute atomic E-state index is 12.8. The van der Waals surface area contributed by atoms with Crippen molar-refractivity contribution in [3.05, 3.63) is 46.8 Å². The molecule has 6 nitrogen and oxygen atoms in total. The van der Waals surface area contributed by atoms with E-state index in [-0.39, 0.29) is 5.91 Å². The van der Waals surface area contributed by atoms with Crippen molar-refractivity contribution in [2.45, 2.75) is 30.5 Å². The van der Waals surface area contributed by atoms with E-state index in [1.807, 2.05) is 0 Å². The molecule has 1 aliphatic rings. The zero-order valence-electron chi connectivity index (χ0n) is 15.5. The Balaban J connectivity index is 1.61. The van der Waals surface area contributed by atoms with Gasteiger partial charge in [0.2, 0.25) is 0 Å². The monoisotopic (exact) mass is 408 g/mol. The standard InChI is InChI=1S/C19H24N2O4S2/c1-14-9-11-21(12-10-14)27(23,24)18-8-7-17(26-18)13-20-19(22)15-3-5-16(25-2)6-4-15/h3-8,14H,9-13H2,1-2H3,(H,20,22). The lowest BCUT2D eigenvalue weighted by molar-refractivity contribution is 0.0951. The first-order chi connectivity index (χ1) is 12.9. The van der Waals surface area contributed by atoms with E-state index in [0.717, 1.165) is 17.7 Å². The highest BCUT2D eigenvalue weighted by atomic mass is 32.2. The van der Waals surface area contributed by atoms with Crippen molar-refractivity contribution in [2.24, 2.45) is 5.92 Å². The van der Waals surface area contributed by atoms with Crippen LogP contribution in [-0.4, -0.2) is 38.8 Å². The molecule has 0 spiro atoms. The number of piperidine rings is 1. The van der Waals surface area contributed by atoms with E-state index in [0.29, 0.717) is 41.1 Å². The molecular weight excluding hydrogens is 384 g/mol. The quantitative estimate of drug-likeness (QED) is 0.797. The number of thiophene rings is 1. The molecule has 1 aliphatic heterocycles. The second-order valence-corrected chi connectivity index (χ2v) is 10.1. The molecule has 2 heterocycles. The molecule has 0 unspecified atom stereocenters. The zero-order chi connectivity index (χ0) is 19.4. The Hall–Kier alpha value is -1.90. The van der Waals surface area contributed by atoms with Gasteiger partial charge in [-0.25, -0.2) is 8.42 Å². The van der Waals surface area contributed by atoms with Crippen molar-refractivity contribution >= 4 is 27.3 Å². The maximum atomic E-state index is 12.8. The predicted octanol–water partition coefficient (Wildman–Crippen LogP) is 3.11. The fourth-order valence-electron chi connectivity index (χ4n) is 2.96. The van der Waals surface area contributed by atoms with Gasteiger partial charge in [0.25, 0.3) is 15.9 Å². The van der Waals surface area contributed by atoms with Crippen molar-refractivity contribution in [3.63, 3.8) is 0 Å². The van der Waals surface area contributed by atoms with Crippen LogP contribution in [0.4, 0.5) is 0 Å². The summed E-state index contributed by atoms with van der Waals surface area (Å²) in [4.78, 5) is 13.0. The minimum Gasteiger partial charge on any atom is -0.497 e. The van der Waals surface area contributed by atoms with Gasteiger partial charge in [0.1, 0.15) is 9.96 Å². The molecule has 1 aromatic carbocycles. The van der Waals surface area contributed by atoms with Crippen molar-refractivity contribution in [1.82, 2.24) is 9.62 Å². The number of rotatable bonds is 6. The first kappa shape index (κ1) is 19.9. The molecule has 1 fully saturated rings. The van der Waals surface area contributed by atoms with Crippen LogP contribution in [0.15, 0.2) is 40.6 Å². The van der Waals surface area contributed by atoms with Crippen LogP contribution in [0.1, 0.15) is 35.0 Å². The molecule has 146 valence electrons. The fourth-order valence-corrected chi connectivity index (χ4v) is 5.88. The van der Waals surface area contributed by atoms with Crippen LogP contribution < -0.4 is 10.1 Å². The molecule has 1 amide bonds. The third kappa shape index (κ3) is 4.69. The summed E-state index contributed by atoms with van der Waals surface area (Å²) >= 11 is 1.21. The van der Waals surface area contributed by atoms with Crippen LogP contribution >= 0.6 is 11.3 Å². The summed E-state index contributed by atoms with van der Waals surface area (Å²) in [6.07, 6.45) is 1.80. The number of amides is 1. The summed E-state index contributed by atoms with van der Waals surface area (Å²) in [6.45, 7) is 3.59. The van der Waals surface area contributed by atoms with Gasteiger partial charge in [0, 0.05) is 23.5 Å². The molecule has 0 atom stereocenters. The smallest absolute Gasteiger partial charge is 0.252 e. The molecule has 1 N–H and O–H groups in total. The summed E-state index contributed by atoms with van der Waals surface area (Å²) in [5, 5.41) is 2.83. The number of sulfonamides is 1. The van der Waals surface area contributed by atoms with Gasteiger partial charge in [-0.05, 0) is 55.2 Å². The molecule has 8 heteroatoms. The SMILES string of the molecule is COc1ccc(C(=O)NCc2ccc(S(=O)(=O)N3CCC(C)CC3)s2)cc1. The van der Waals surface area contributed by atoms with Gasteiger partial charge in [0.15, 0.2) is 0 Å². The zero-order valence-corrected chi connectivity index (χ0v) is 17.1. The Labute approximate surface area is 164 Å². The van der Waals surface area contributed by atoms with Gasteiger partial charge in [-0.1, -0.05) is 6.92 Å². The van der Waals surface area contributed by atoms with Crippen LogP contribution in [-0.2, 0) is 16.6 Å². The minimum absolute atomic E-state index is 0.208. The lowest BCUT2D eigenvalue weighted by atomic mass is 10.0. The Morgan fingerprint density at radius 1 is 1.19 bits per heavy atom. The van der Waals surface area contributed by atoms with E-state index in [4.69, 9.17) is 4.74 Å². The molecule has 1 saturated heterocycles. The minimum atomic E-state index is -3.44. The van der Waals surface area contributed by atoms with Gasteiger partial charge in [-0.2, -0.15) is 4.31 Å². The van der Waals surface area contributed by atoms with Crippen LogP contribution in [0.2, 0.25) is 0 Å². The number of ether oxygens (including phenoxy) is 1. The van der Waals surface area contributed by atoms with E-state index in [9.17, 15) is 13.2 Å². The predicted molar refractivity (Wildman–Crippen MR) is 106 cm³/mol. The van der Waals surface area contributed by atoms with Gasteiger partial charge >= 0.3 is 0 Å². The maximum Gasteiger partial charge on any atom is 0.252 e. The van der Waals surface area contributed by atoms with E-state index >= 15 is 0 Å². The number of benzene rings is 1. The number of carbonyl (C=O) groups excluding carboxylic acids is 1. The number of nitrogens with one attached hydrogen (secondary N) is 1. The summed E-state index contributed by atoms with van der Waals surface area (Å²) in [6, 6.07) is 10.2. The second-order valence-electron chi connectivity index (χ2n) is 6.72. The third-order valence-electron chi connectivity index (χ3n) is 4.75. The number of hydrogen-bond donors (Lipinski definition) is 1. The first-order valence-corrected chi connectivity index (χ1v) is 11.2. The summed E-state index contributed by atoms with van der Waals surface area (Å²) < 4.78 is 32.5. The van der Waals surface area contributed by atoms with Gasteiger partial charge in [-0.15, -0.1) is 11.3 Å². The van der Waals surface area contributed by atoms with E-state index in [1.54, 1.807) is 47.8 Å². The van der Waals surface area contributed by atoms with E-state index < -0.39 is 10.0 Å². The second kappa shape index (κ2) is 8.41. The van der Waals surface area contributed by atoms with Crippen LogP contribution in [0.5, 0.6) is 5.75 Å². The Morgan fingerprint density at radius 3 is 2.48 bits per heavy atom. The first-order valence-electron chi connectivity index (χ1n) is 8.91. The highest BCUT2D eigenvalue weighted by Crippen LogP contribution is 2.28. The number of carbonyl (C=O) groups is 1. The van der Waals surface area contributed by atoms with Crippen LogP contribution in [0, 0.1) is 5.92 Å². The molecule has 27 heavy (non-hydrogen) atoms.